The molecule has 9 nitrogen and oxygen atoms in total. The number of carbonyl (C=O) groups is 2. The molecule has 0 aromatic carbocycles. The fourth-order valence-electron chi connectivity index (χ4n) is 3.67. The number of nitrogens with one attached hydrogen (secondary N) is 3. The molecule has 3 atom stereocenters. The lowest BCUT2D eigenvalue weighted by atomic mass is 9.83. The van der Waals surface area contributed by atoms with Crippen LogP contribution in [-0.2, 0) is 16.1 Å². The molecule has 0 spiro atoms. The summed E-state index contributed by atoms with van der Waals surface area (Å²) in [6.07, 6.45) is 9.39. The van der Waals surface area contributed by atoms with Gasteiger partial charge in [-0.3, -0.25) is 9.59 Å². The molecule has 1 fully saturated rings. The minimum absolute atomic E-state index is 0.0329. The third-order valence-corrected chi connectivity index (χ3v) is 5.29. The first kappa shape index (κ1) is 20.6. The number of methoxy groups -OCH3 is 1. The van der Waals surface area contributed by atoms with E-state index in [1.165, 1.54) is 12.3 Å². The second-order valence-electron chi connectivity index (χ2n) is 7.22. The van der Waals surface area contributed by atoms with Gasteiger partial charge in [-0.05, 0) is 31.7 Å². The lowest BCUT2D eigenvalue weighted by Crippen LogP contribution is -2.49. The minimum Gasteiger partial charge on any atom is -0.379 e. The Labute approximate surface area is 169 Å². The molecule has 0 unspecified atom stereocenters. The van der Waals surface area contributed by atoms with Gasteiger partial charge < -0.3 is 24.9 Å². The van der Waals surface area contributed by atoms with E-state index in [1.54, 1.807) is 19.6 Å². The number of ether oxygens (including phenoxy) is 1. The number of aromatic amines is 1. The van der Waals surface area contributed by atoms with E-state index in [-0.39, 0.29) is 29.9 Å². The van der Waals surface area contributed by atoms with E-state index in [1.807, 2.05) is 16.8 Å². The zero-order valence-corrected chi connectivity index (χ0v) is 16.4. The lowest BCUT2D eigenvalue weighted by Gasteiger charge is -2.35. The molecule has 1 aliphatic carbocycles. The highest BCUT2D eigenvalue weighted by Crippen LogP contribution is 2.27. The molecule has 1 aliphatic rings. The summed E-state index contributed by atoms with van der Waals surface area (Å²) in [5, 5.41) is 14.8. The van der Waals surface area contributed by atoms with Crippen LogP contribution >= 0.6 is 0 Å². The Balaban J connectivity index is 1.45. The van der Waals surface area contributed by atoms with Crippen molar-refractivity contribution >= 4 is 11.8 Å². The molecule has 2 aromatic heterocycles. The SMILES string of the molecule is CO[C@H]1C[C@@H](C(=O)NCCCn2ccnc2)CC[C@@H]1NC(=O)c1cc(C#N)c[nH]1. The van der Waals surface area contributed by atoms with Crippen LogP contribution < -0.4 is 10.6 Å². The number of rotatable bonds is 8. The molecule has 2 amide bonds. The Morgan fingerprint density at radius 2 is 2.31 bits per heavy atom. The smallest absolute Gasteiger partial charge is 0.268 e. The van der Waals surface area contributed by atoms with Gasteiger partial charge in [-0.25, -0.2) is 4.98 Å². The van der Waals surface area contributed by atoms with Crippen molar-refractivity contribution in [2.24, 2.45) is 5.92 Å². The van der Waals surface area contributed by atoms with E-state index in [4.69, 9.17) is 10.00 Å². The number of H-pyrrole nitrogens is 1. The van der Waals surface area contributed by atoms with E-state index in [2.05, 4.69) is 20.6 Å². The van der Waals surface area contributed by atoms with Gasteiger partial charge in [0.1, 0.15) is 11.8 Å². The number of nitrogens with zero attached hydrogens (tertiary/aromatic N) is 3. The first-order valence-corrected chi connectivity index (χ1v) is 9.76. The number of nitriles is 1. The number of aromatic nitrogens is 3. The normalized spacial score (nSPS) is 21.3. The second-order valence-corrected chi connectivity index (χ2v) is 7.22. The topological polar surface area (TPSA) is 125 Å². The Kier molecular flexibility index (Phi) is 7.03. The molecule has 0 radical (unpaired) electrons. The fraction of sp³-hybridized carbons (Fsp3) is 0.500. The molecule has 154 valence electrons. The first-order valence-electron chi connectivity index (χ1n) is 9.76. The van der Waals surface area contributed by atoms with Crippen molar-refractivity contribution < 1.29 is 14.3 Å². The van der Waals surface area contributed by atoms with Crippen molar-refractivity contribution in [2.75, 3.05) is 13.7 Å². The zero-order valence-electron chi connectivity index (χ0n) is 16.4. The first-order chi connectivity index (χ1) is 14.1. The van der Waals surface area contributed by atoms with Gasteiger partial charge in [-0.2, -0.15) is 5.26 Å². The summed E-state index contributed by atoms with van der Waals surface area (Å²) in [6.45, 7) is 1.42. The molecule has 0 saturated heterocycles. The summed E-state index contributed by atoms with van der Waals surface area (Å²) in [7, 11) is 1.59. The molecule has 1 saturated carbocycles. The summed E-state index contributed by atoms with van der Waals surface area (Å²) in [6, 6.07) is 3.33. The third kappa shape index (κ3) is 5.45. The maximum Gasteiger partial charge on any atom is 0.268 e. The number of carbonyl (C=O) groups excluding carboxylic acids is 2. The summed E-state index contributed by atoms with van der Waals surface area (Å²) < 4.78 is 7.53. The summed E-state index contributed by atoms with van der Waals surface area (Å²) in [5.74, 6) is -0.372. The molecular weight excluding hydrogens is 372 g/mol. The van der Waals surface area contributed by atoms with Gasteiger partial charge in [0.15, 0.2) is 0 Å². The van der Waals surface area contributed by atoms with Crippen LogP contribution in [-0.4, -0.2) is 52.1 Å². The van der Waals surface area contributed by atoms with Crippen LogP contribution in [0.3, 0.4) is 0 Å². The molecule has 29 heavy (non-hydrogen) atoms. The molecule has 3 N–H and O–H groups in total. The van der Waals surface area contributed by atoms with E-state index in [9.17, 15) is 9.59 Å². The van der Waals surface area contributed by atoms with Crippen LogP contribution in [0.5, 0.6) is 0 Å². The van der Waals surface area contributed by atoms with E-state index in [0.717, 1.165) is 13.0 Å². The summed E-state index contributed by atoms with van der Waals surface area (Å²) >= 11 is 0. The van der Waals surface area contributed by atoms with Crippen molar-refractivity contribution in [3.05, 3.63) is 42.2 Å². The average Bonchev–Trinajstić information content (AvgIpc) is 3.43. The fourth-order valence-corrected chi connectivity index (χ4v) is 3.67. The molecule has 2 heterocycles. The standard InChI is InChI=1S/C20H26N6O3/c1-29-18-10-15(19(27)23-5-2-7-26-8-6-22-13-26)3-4-16(18)25-20(28)17-9-14(11-21)12-24-17/h6,8-9,12-13,15-16,18,24H,2-5,7,10H2,1H3,(H,23,27)(H,25,28)/t15-,16-,18-/m0/s1. The lowest BCUT2D eigenvalue weighted by molar-refractivity contribution is -0.127. The Bertz CT molecular complexity index is 854. The number of hydrogen-bond acceptors (Lipinski definition) is 5. The van der Waals surface area contributed by atoms with Gasteiger partial charge in [-0.1, -0.05) is 0 Å². The van der Waals surface area contributed by atoms with Crippen molar-refractivity contribution in [1.82, 2.24) is 25.2 Å². The Morgan fingerprint density at radius 3 is 3.00 bits per heavy atom. The van der Waals surface area contributed by atoms with Crippen LogP contribution in [0.1, 0.15) is 41.7 Å². The van der Waals surface area contributed by atoms with Crippen molar-refractivity contribution in [3.8, 4) is 6.07 Å². The molecular formula is C20H26N6O3. The number of aryl methyl sites for hydroxylation is 1. The molecule has 3 rings (SSSR count). The van der Waals surface area contributed by atoms with Crippen molar-refractivity contribution in [2.45, 2.75) is 44.4 Å². The highest BCUT2D eigenvalue weighted by atomic mass is 16.5. The Hall–Kier alpha value is -3.12. The van der Waals surface area contributed by atoms with E-state index < -0.39 is 0 Å². The number of amides is 2. The molecule has 2 aromatic rings. The number of imidazole rings is 1. The van der Waals surface area contributed by atoms with Gasteiger partial charge in [0.2, 0.25) is 5.91 Å². The maximum absolute atomic E-state index is 12.5. The minimum atomic E-state index is -0.277. The van der Waals surface area contributed by atoms with Gasteiger partial charge in [0, 0.05) is 44.7 Å². The van der Waals surface area contributed by atoms with E-state index in [0.29, 0.717) is 37.1 Å². The largest absolute Gasteiger partial charge is 0.379 e. The third-order valence-electron chi connectivity index (χ3n) is 5.29. The van der Waals surface area contributed by atoms with Crippen LogP contribution in [0.25, 0.3) is 0 Å². The maximum atomic E-state index is 12.5. The quantitative estimate of drug-likeness (QED) is 0.576. The van der Waals surface area contributed by atoms with Gasteiger partial charge in [-0.15, -0.1) is 0 Å². The Morgan fingerprint density at radius 1 is 1.45 bits per heavy atom. The van der Waals surface area contributed by atoms with Crippen molar-refractivity contribution in [3.63, 3.8) is 0 Å². The molecule has 0 bridgehead atoms. The van der Waals surface area contributed by atoms with Crippen LogP contribution in [0.15, 0.2) is 31.0 Å². The van der Waals surface area contributed by atoms with Crippen LogP contribution in [0.4, 0.5) is 0 Å². The predicted molar refractivity (Wildman–Crippen MR) is 105 cm³/mol. The van der Waals surface area contributed by atoms with Gasteiger partial charge in [0.25, 0.3) is 5.91 Å². The van der Waals surface area contributed by atoms with E-state index >= 15 is 0 Å². The highest BCUT2D eigenvalue weighted by molar-refractivity contribution is 5.93. The van der Waals surface area contributed by atoms with Crippen LogP contribution in [0.2, 0.25) is 0 Å². The van der Waals surface area contributed by atoms with Crippen LogP contribution in [0, 0.1) is 17.2 Å². The van der Waals surface area contributed by atoms with Crippen molar-refractivity contribution in [1.29, 1.82) is 5.26 Å². The summed E-state index contributed by atoms with van der Waals surface area (Å²) in [4.78, 5) is 31.7. The molecule has 9 heteroatoms. The monoisotopic (exact) mass is 398 g/mol. The summed E-state index contributed by atoms with van der Waals surface area (Å²) in [5.41, 5.74) is 0.751. The highest BCUT2D eigenvalue weighted by Gasteiger charge is 2.35. The predicted octanol–water partition coefficient (Wildman–Crippen LogP) is 1.20. The average molecular weight is 398 g/mol. The van der Waals surface area contributed by atoms with Gasteiger partial charge in [0.05, 0.1) is 24.0 Å². The number of hydrogen-bond donors (Lipinski definition) is 3. The molecule has 0 aliphatic heterocycles. The van der Waals surface area contributed by atoms with Gasteiger partial charge >= 0.3 is 0 Å². The zero-order chi connectivity index (χ0) is 20.6. The second kappa shape index (κ2) is 9.89.